The summed E-state index contributed by atoms with van der Waals surface area (Å²) in [6, 6.07) is 30.8. The van der Waals surface area contributed by atoms with Crippen molar-refractivity contribution >= 4 is 39.4 Å². The Morgan fingerprint density at radius 2 is 1.36 bits per heavy atom. The number of carbonyl (C=O) groups is 5. The van der Waals surface area contributed by atoms with Gasteiger partial charge in [-0.1, -0.05) is 97.1 Å². The number of hydrogen-bond donors (Lipinski definition) is 4. The highest BCUT2D eigenvalue weighted by molar-refractivity contribution is 7.90. The van der Waals surface area contributed by atoms with Gasteiger partial charge >= 0.3 is 6.09 Å². The molecule has 4 aromatic carbocycles. The molecule has 55 heavy (non-hydrogen) atoms. The lowest BCUT2D eigenvalue weighted by atomic mass is 9.91. The Kier molecular flexibility index (Phi) is 13.9. The number of nitrogens with one attached hydrogen (secondary N) is 3. The average Bonchev–Trinajstić information content (AvgIpc) is 3.19. The molecule has 0 spiro atoms. The molecule has 4 amide bonds. The summed E-state index contributed by atoms with van der Waals surface area (Å²) in [5, 5.41) is 17.6. The van der Waals surface area contributed by atoms with E-state index in [1.807, 2.05) is 84.9 Å². The Labute approximate surface area is 321 Å². The van der Waals surface area contributed by atoms with E-state index in [0.29, 0.717) is 24.8 Å². The summed E-state index contributed by atoms with van der Waals surface area (Å²) in [6.45, 7) is 0.719. The Morgan fingerprint density at radius 1 is 0.764 bits per heavy atom. The van der Waals surface area contributed by atoms with Crippen LogP contribution in [0.4, 0.5) is 4.79 Å². The first-order valence-electron chi connectivity index (χ1n) is 18.2. The molecular formula is C42H46N4O8S. The molecule has 0 radical (unpaired) electrons. The molecule has 12 nitrogen and oxygen atoms in total. The van der Waals surface area contributed by atoms with Crippen LogP contribution in [0.2, 0.25) is 0 Å². The van der Waals surface area contributed by atoms with E-state index in [4.69, 9.17) is 0 Å². The highest BCUT2D eigenvalue weighted by Crippen LogP contribution is 2.26. The van der Waals surface area contributed by atoms with Crippen molar-refractivity contribution in [3.63, 3.8) is 0 Å². The van der Waals surface area contributed by atoms with Gasteiger partial charge in [-0.3, -0.25) is 19.2 Å². The quantitative estimate of drug-likeness (QED) is 0.0868. The molecule has 13 heteroatoms. The van der Waals surface area contributed by atoms with E-state index in [1.54, 1.807) is 0 Å². The predicted octanol–water partition coefficient (Wildman–Crippen LogP) is 4.88. The molecule has 0 saturated heterocycles. The normalized spacial score (nSPS) is 14.4. The zero-order valence-electron chi connectivity index (χ0n) is 30.6. The molecule has 0 saturated carbocycles. The fraction of sp³-hybridized carbons (Fsp3) is 0.310. The summed E-state index contributed by atoms with van der Waals surface area (Å²) in [6.07, 6.45) is 0.926. The monoisotopic (exact) mass is 766 g/mol. The topological polar surface area (TPSA) is 179 Å². The smallest absolute Gasteiger partial charge is 0.405 e. The van der Waals surface area contributed by atoms with Gasteiger partial charge in [0.25, 0.3) is 0 Å². The Hall–Kier alpha value is -5.82. The minimum atomic E-state index is -3.42. The number of Topliss-reactive ketones (excluding diaryl/α,β-unsaturated/α-hetero) is 1. The van der Waals surface area contributed by atoms with Crippen LogP contribution < -0.4 is 16.0 Å². The Balaban J connectivity index is 1.14. The van der Waals surface area contributed by atoms with Crippen molar-refractivity contribution in [2.24, 2.45) is 0 Å². The molecule has 0 aliphatic carbocycles. The average molecular weight is 767 g/mol. The van der Waals surface area contributed by atoms with E-state index in [0.717, 1.165) is 28.5 Å². The lowest BCUT2D eigenvalue weighted by Crippen LogP contribution is -2.52. The fourth-order valence-electron chi connectivity index (χ4n) is 6.76. The maximum atomic E-state index is 13.6. The van der Waals surface area contributed by atoms with Crippen LogP contribution in [0.5, 0.6) is 0 Å². The van der Waals surface area contributed by atoms with Crippen LogP contribution in [0.1, 0.15) is 70.6 Å². The Bertz CT molecular complexity index is 2040. The highest BCUT2D eigenvalue weighted by atomic mass is 32.2. The maximum Gasteiger partial charge on any atom is 0.405 e. The summed E-state index contributed by atoms with van der Waals surface area (Å²) < 4.78 is 23.5. The van der Waals surface area contributed by atoms with Crippen LogP contribution in [0, 0.1) is 0 Å². The zero-order valence-corrected chi connectivity index (χ0v) is 31.5. The molecule has 1 aliphatic heterocycles. The molecule has 0 unspecified atom stereocenters. The Morgan fingerprint density at radius 3 is 1.96 bits per heavy atom. The molecule has 288 valence electrons. The third-order valence-electron chi connectivity index (χ3n) is 9.76. The second-order valence-electron chi connectivity index (χ2n) is 13.6. The molecule has 5 rings (SSSR count). The van der Waals surface area contributed by atoms with Crippen LogP contribution in [0.15, 0.2) is 114 Å². The van der Waals surface area contributed by atoms with Gasteiger partial charge in [-0.05, 0) is 53.6 Å². The van der Waals surface area contributed by atoms with Gasteiger partial charge in [-0.25, -0.2) is 13.2 Å². The van der Waals surface area contributed by atoms with Crippen LogP contribution in [-0.4, -0.2) is 79.5 Å². The van der Waals surface area contributed by atoms with E-state index >= 15 is 0 Å². The van der Waals surface area contributed by atoms with E-state index in [2.05, 4.69) is 16.0 Å². The second kappa shape index (κ2) is 19.0. The number of benzene rings is 4. The van der Waals surface area contributed by atoms with Crippen molar-refractivity contribution in [1.29, 1.82) is 0 Å². The molecule has 4 N–H and O–H groups in total. The number of sulfone groups is 1. The van der Waals surface area contributed by atoms with Crippen molar-refractivity contribution in [1.82, 2.24) is 20.9 Å². The van der Waals surface area contributed by atoms with Gasteiger partial charge in [-0.2, -0.15) is 0 Å². The molecule has 0 bridgehead atoms. The first-order chi connectivity index (χ1) is 26.4. The number of carboxylic acid groups (broad SMARTS) is 1. The van der Waals surface area contributed by atoms with Crippen LogP contribution in [0.3, 0.4) is 0 Å². The highest BCUT2D eigenvalue weighted by Gasteiger charge is 2.34. The van der Waals surface area contributed by atoms with Crippen molar-refractivity contribution < 1.29 is 37.5 Å². The van der Waals surface area contributed by atoms with E-state index in [9.17, 15) is 37.5 Å². The number of hydrogen-bond acceptors (Lipinski definition) is 7. The molecule has 2 atom stereocenters. The second-order valence-corrected chi connectivity index (χ2v) is 15.7. The van der Waals surface area contributed by atoms with Gasteiger partial charge in [0.2, 0.25) is 17.7 Å². The number of fused-ring (bicyclic) bond motifs is 1. The lowest BCUT2D eigenvalue weighted by molar-refractivity contribution is -0.141. The molecule has 4 aromatic rings. The van der Waals surface area contributed by atoms with Crippen LogP contribution in [0.25, 0.3) is 0 Å². The third-order valence-corrected chi connectivity index (χ3v) is 10.9. The summed E-state index contributed by atoms with van der Waals surface area (Å²) in [4.78, 5) is 66.4. The maximum absolute atomic E-state index is 13.6. The summed E-state index contributed by atoms with van der Waals surface area (Å²) in [5.74, 6) is -1.60. The number of unbranched alkanes of at least 4 members (excludes halogenated alkanes) is 1. The number of nitrogens with zero attached hydrogens (tertiary/aromatic N) is 1. The van der Waals surface area contributed by atoms with Gasteiger partial charge in [0.1, 0.15) is 12.1 Å². The van der Waals surface area contributed by atoms with E-state index < -0.39 is 33.9 Å². The fourth-order valence-corrected chi connectivity index (χ4v) is 7.39. The molecule has 0 aromatic heterocycles. The van der Waals surface area contributed by atoms with Crippen molar-refractivity contribution in [2.75, 3.05) is 19.3 Å². The number of rotatable bonds is 17. The first kappa shape index (κ1) is 40.4. The van der Waals surface area contributed by atoms with E-state index in [-0.39, 0.29) is 67.3 Å². The number of carbonyl (C=O) groups excluding carboxylic acids is 4. The minimum Gasteiger partial charge on any atom is -0.465 e. The van der Waals surface area contributed by atoms with Gasteiger partial charge in [0, 0.05) is 56.6 Å². The van der Waals surface area contributed by atoms with Crippen molar-refractivity contribution in [2.45, 2.75) is 68.0 Å². The zero-order chi connectivity index (χ0) is 39.4. The predicted molar refractivity (Wildman–Crippen MR) is 207 cm³/mol. The largest absolute Gasteiger partial charge is 0.465 e. The first-order valence-corrected chi connectivity index (χ1v) is 20.1. The van der Waals surface area contributed by atoms with Crippen molar-refractivity contribution in [3.8, 4) is 0 Å². The standard InChI is InChI=1S/C42H46N4O8S/c1-55(53,54)34-21-19-31(20-22-34)38(47)23-24-39(48)46-28-33-17-9-8-16-32(33)26-37(46)41(50)43-25-11-10-18-36(45-42(51)52)40(49)44-27-35(29-12-4-2-5-13-29)30-14-6-3-7-15-30/h2-9,12-17,19-22,35-37,45H,10-11,18,23-28H2,1H3,(H,43,50)(H,44,49)(H,51,52)/t36-,37-/m0/s1. The SMILES string of the molecule is CS(=O)(=O)c1ccc(C(=O)CCC(=O)N2Cc3ccccc3C[C@H]2C(=O)NCCCC[C@H](NC(=O)O)C(=O)NCC(c2ccccc2)c2ccccc2)cc1. The molecule has 0 fully saturated rings. The van der Waals surface area contributed by atoms with Crippen LogP contribution >= 0.6 is 0 Å². The van der Waals surface area contributed by atoms with Crippen molar-refractivity contribution in [3.05, 3.63) is 137 Å². The van der Waals surface area contributed by atoms with Crippen LogP contribution in [-0.2, 0) is 37.2 Å². The minimum absolute atomic E-state index is 0.0926. The summed E-state index contributed by atoms with van der Waals surface area (Å²) in [7, 11) is -3.42. The third kappa shape index (κ3) is 11.3. The van der Waals surface area contributed by atoms with E-state index in [1.165, 1.54) is 29.2 Å². The van der Waals surface area contributed by atoms with Gasteiger partial charge in [0.15, 0.2) is 15.6 Å². The summed E-state index contributed by atoms with van der Waals surface area (Å²) in [5.41, 5.74) is 4.18. The lowest BCUT2D eigenvalue weighted by Gasteiger charge is -2.36. The molecular weight excluding hydrogens is 721 g/mol. The molecule has 1 heterocycles. The van der Waals surface area contributed by atoms with Gasteiger partial charge in [0.05, 0.1) is 4.90 Å². The van der Waals surface area contributed by atoms with Gasteiger partial charge < -0.3 is 26.0 Å². The number of amides is 4. The summed E-state index contributed by atoms with van der Waals surface area (Å²) >= 11 is 0. The molecule has 1 aliphatic rings. The van der Waals surface area contributed by atoms with Gasteiger partial charge in [-0.15, -0.1) is 0 Å². The number of ketones is 1.